The molecule has 0 radical (unpaired) electrons. The minimum Gasteiger partial charge on any atom is -0.394 e. The van der Waals surface area contributed by atoms with E-state index in [9.17, 15) is 40.5 Å². The molecule has 1 amide bonds. The molecule has 0 bridgehead atoms. The predicted molar refractivity (Wildman–Crippen MR) is 224 cm³/mol. The molecule has 1 fully saturated rings. The average Bonchev–Trinajstić information content (AvgIpc) is 3.20. The largest absolute Gasteiger partial charge is 0.394 e. The Kier molecular flexibility index (Phi) is 33.4. The molecule has 1 saturated heterocycles. The summed E-state index contributed by atoms with van der Waals surface area (Å²) in [5, 5.41) is 75.5. The number of hydrogen-bond acceptors (Lipinski definition) is 10. The van der Waals surface area contributed by atoms with E-state index in [0.717, 1.165) is 38.5 Å². The van der Waals surface area contributed by atoms with E-state index in [1.54, 1.807) is 0 Å². The lowest BCUT2D eigenvalue weighted by atomic mass is 9.98. The molecule has 330 valence electrons. The molecule has 8 N–H and O–H groups in total. The van der Waals surface area contributed by atoms with E-state index in [0.29, 0.717) is 12.8 Å². The zero-order valence-corrected chi connectivity index (χ0v) is 35.4. The molecule has 1 heterocycles. The summed E-state index contributed by atoms with van der Waals surface area (Å²) in [6.07, 6.45) is 26.6. The normalized spacial score (nSPS) is 22.5. The smallest absolute Gasteiger partial charge is 0.249 e. The number of hydrogen-bond donors (Lipinski definition) is 8. The van der Waals surface area contributed by atoms with Gasteiger partial charge in [-0.3, -0.25) is 4.79 Å². The van der Waals surface area contributed by atoms with Gasteiger partial charge in [0.2, 0.25) is 5.91 Å². The topological polar surface area (TPSA) is 189 Å². The van der Waals surface area contributed by atoms with E-state index >= 15 is 0 Å². The van der Waals surface area contributed by atoms with E-state index in [-0.39, 0.29) is 12.8 Å². The number of carbonyl (C=O) groups is 1. The van der Waals surface area contributed by atoms with Crippen LogP contribution in [-0.2, 0) is 14.3 Å². The van der Waals surface area contributed by atoms with Crippen LogP contribution in [0.1, 0.15) is 187 Å². The summed E-state index contributed by atoms with van der Waals surface area (Å²) < 4.78 is 11.1. The quantitative estimate of drug-likeness (QED) is 0.0239. The van der Waals surface area contributed by atoms with E-state index < -0.39 is 74.2 Å². The van der Waals surface area contributed by atoms with Gasteiger partial charge in [-0.25, -0.2) is 0 Å². The summed E-state index contributed by atoms with van der Waals surface area (Å²) >= 11 is 0. The molecule has 0 aromatic carbocycles. The summed E-state index contributed by atoms with van der Waals surface area (Å²) in [6.45, 7) is 3.39. The molecule has 9 unspecified atom stereocenters. The van der Waals surface area contributed by atoms with Crippen molar-refractivity contribution in [1.29, 1.82) is 0 Å². The lowest BCUT2D eigenvalue weighted by molar-refractivity contribution is -0.303. The number of aliphatic hydroxyl groups is 7. The maximum absolute atomic E-state index is 13.0. The average molecular weight is 800 g/mol. The van der Waals surface area contributed by atoms with E-state index in [2.05, 4.69) is 43.5 Å². The molecule has 0 aliphatic carbocycles. The minimum atomic E-state index is -1.67. The van der Waals surface area contributed by atoms with Crippen LogP contribution in [-0.4, -0.2) is 110 Å². The molecule has 9 atom stereocenters. The highest BCUT2D eigenvalue weighted by atomic mass is 16.7. The van der Waals surface area contributed by atoms with Crippen LogP contribution >= 0.6 is 0 Å². The van der Waals surface area contributed by atoms with Crippen LogP contribution in [0.15, 0.2) is 24.3 Å². The third-order valence-electron chi connectivity index (χ3n) is 11.0. The van der Waals surface area contributed by atoms with Crippen molar-refractivity contribution in [1.82, 2.24) is 5.32 Å². The fourth-order valence-corrected chi connectivity index (χ4v) is 7.14. The first kappa shape index (κ1) is 52.6. The first-order chi connectivity index (χ1) is 27.2. The molecule has 11 nitrogen and oxygen atoms in total. The van der Waals surface area contributed by atoms with Gasteiger partial charge in [0.15, 0.2) is 6.29 Å². The number of ether oxygens (including phenoxy) is 2. The molecule has 56 heavy (non-hydrogen) atoms. The Balaban J connectivity index is 2.50. The number of unbranched alkanes of at least 4 members (excludes halogenated alkanes) is 21. The molecule has 1 rings (SSSR count). The van der Waals surface area contributed by atoms with Crippen LogP contribution in [0.5, 0.6) is 0 Å². The Labute approximate surface area is 340 Å². The molecule has 0 saturated carbocycles. The van der Waals surface area contributed by atoms with Crippen LogP contribution in [0.2, 0.25) is 0 Å². The lowest BCUT2D eigenvalue weighted by Crippen LogP contribution is -2.60. The zero-order chi connectivity index (χ0) is 41.2. The minimum absolute atomic E-state index is 0.224. The van der Waals surface area contributed by atoms with Gasteiger partial charge in [0, 0.05) is 0 Å². The van der Waals surface area contributed by atoms with Gasteiger partial charge in [-0.05, 0) is 64.2 Å². The lowest BCUT2D eigenvalue weighted by Gasteiger charge is -2.40. The number of carbonyl (C=O) groups excluding carboxylic acids is 1. The standard InChI is InChI=1S/C45H85NO10/c1-3-5-7-9-11-13-15-17-18-19-20-21-23-24-26-28-30-32-37(48)40(50)36(35-55-45-43(53)42(52)41(51)39(34-47)56-45)46-44(54)38(49)33-31-29-27-25-22-16-14-12-10-8-6-4-2/h22,24-26,36-43,45,47-53H,3-21,23,27-35H2,1-2H3,(H,46,54)/b25-22-,26-24+. The molecule has 11 heteroatoms. The van der Waals surface area contributed by atoms with Crippen molar-refractivity contribution >= 4 is 5.91 Å². The number of aliphatic hydroxyl groups excluding tert-OH is 7. The maximum Gasteiger partial charge on any atom is 0.249 e. The van der Waals surface area contributed by atoms with Crippen molar-refractivity contribution in [3.05, 3.63) is 24.3 Å². The van der Waals surface area contributed by atoms with Crippen molar-refractivity contribution in [2.45, 2.75) is 242 Å². The maximum atomic E-state index is 13.0. The van der Waals surface area contributed by atoms with Gasteiger partial charge in [0.1, 0.15) is 36.6 Å². The SMILES string of the molecule is CCCCCCCC/C=C\CCCCC(O)C(=O)NC(COC1OC(CO)C(O)C(O)C1O)C(O)C(O)CCC/C=C/CCCCCCCCCCCCCC. The summed E-state index contributed by atoms with van der Waals surface area (Å²) in [4.78, 5) is 13.0. The van der Waals surface area contributed by atoms with Crippen LogP contribution < -0.4 is 5.32 Å². The summed E-state index contributed by atoms with van der Waals surface area (Å²) in [6, 6.07) is -1.19. The Morgan fingerprint density at radius 1 is 0.607 bits per heavy atom. The Hall–Kier alpha value is -1.41. The fraction of sp³-hybridized carbons (Fsp3) is 0.889. The molecule has 1 aliphatic rings. The molecule has 0 spiro atoms. The van der Waals surface area contributed by atoms with Gasteiger partial charge in [-0.15, -0.1) is 0 Å². The summed E-state index contributed by atoms with van der Waals surface area (Å²) in [7, 11) is 0. The number of rotatable bonds is 37. The summed E-state index contributed by atoms with van der Waals surface area (Å²) in [5.74, 6) is -0.724. The highest BCUT2D eigenvalue weighted by Gasteiger charge is 2.44. The van der Waals surface area contributed by atoms with Gasteiger partial charge >= 0.3 is 0 Å². The second-order valence-electron chi connectivity index (χ2n) is 16.1. The number of allylic oxidation sites excluding steroid dienone is 4. The second kappa shape index (κ2) is 35.5. The van der Waals surface area contributed by atoms with Crippen LogP contribution in [0, 0.1) is 0 Å². The van der Waals surface area contributed by atoms with Gasteiger partial charge in [0.05, 0.1) is 25.4 Å². The Morgan fingerprint density at radius 3 is 1.54 bits per heavy atom. The summed E-state index contributed by atoms with van der Waals surface area (Å²) in [5.41, 5.74) is 0. The Bertz CT molecular complexity index is 965. The van der Waals surface area contributed by atoms with Crippen molar-refractivity contribution < 1.29 is 50.0 Å². The van der Waals surface area contributed by atoms with E-state index in [1.807, 2.05) is 0 Å². The van der Waals surface area contributed by atoms with Crippen molar-refractivity contribution in [3.63, 3.8) is 0 Å². The molecular weight excluding hydrogens is 714 g/mol. The Morgan fingerprint density at radius 2 is 1.05 bits per heavy atom. The second-order valence-corrected chi connectivity index (χ2v) is 16.1. The first-order valence-electron chi connectivity index (χ1n) is 22.7. The third kappa shape index (κ3) is 25.2. The van der Waals surface area contributed by atoms with Crippen LogP contribution in [0.25, 0.3) is 0 Å². The van der Waals surface area contributed by atoms with E-state index in [4.69, 9.17) is 9.47 Å². The number of nitrogens with one attached hydrogen (secondary N) is 1. The van der Waals surface area contributed by atoms with Crippen molar-refractivity contribution in [2.24, 2.45) is 0 Å². The highest BCUT2D eigenvalue weighted by Crippen LogP contribution is 2.23. The van der Waals surface area contributed by atoms with Crippen molar-refractivity contribution in [2.75, 3.05) is 13.2 Å². The molecule has 1 aliphatic heterocycles. The van der Waals surface area contributed by atoms with Gasteiger partial charge in [-0.2, -0.15) is 0 Å². The predicted octanol–water partition coefficient (Wildman–Crippen LogP) is 7.06. The van der Waals surface area contributed by atoms with Gasteiger partial charge < -0.3 is 50.5 Å². The molecule has 0 aromatic heterocycles. The van der Waals surface area contributed by atoms with E-state index in [1.165, 1.54) is 109 Å². The van der Waals surface area contributed by atoms with Gasteiger partial charge in [-0.1, -0.05) is 147 Å². The third-order valence-corrected chi connectivity index (χ3v) is 11.0. The first-order valence-corrected chi connectivity index (χ1v) is 22.7. The van der Waals surface area contributed by atoms with Crippen LogP contribution in [0.4, 0.5) is 0 Å². The van der Waals surface area contributed by atoms with Crippen LogP contribution in [0.3, 0.4) is 0 Å². The molecular formula is C45H85NO10. The zero-order valence-electron chi connectivity index (χ0n) is 35.4. The van der Waals surface area contributed by atoms with Gasteiger partial charge in [0.25, 0.3) is 0 Å². The number of amides is 1. The van der Waals surface area contributed by atoms with Crippen molar-refractivity contribution in [3.8, 4) is 0 Å². The monoisotopic (exact) mass is 800 g/mol. The fourth-order valence-electron chi connectivity index (χ4n) is 7.14. The highest BCUT2D eigenvalue weighted by molar-refractivity contribution is 5.80. The molecule has 0 aromatic rings.